The normalized spacial score (nSPS) is 30.9. The summed E-state index contributed by atoms with van der Waals surface area (Å²) in [6.07, 6.45) is 0.549. The molecule has 2 heteroatoms. The lowest BCUT2D eigenvalue weighted by Crippen LogP contribution is -2.36. The van der Waals surface area contributed by atoms with E-state index in [2.05, 4.69) is 46.9 Å². The van der Waals surface area contributed by atoms with Gasteiger partial charge in [0.15, 0.2) is 0 Å². The van der Waals surface area contributed by atoms with Gasteiger partial charge in [0.25, 0.3) is 0 Å². The second-order valence-corrected chi connectivity index (χ2v) is 6.15. The van der Waals surface area contributed by atoms with Crippen LogP contribution < -0.4 is 5.32 Å². The standard InChI is InChI=1S/C11H23NO/c1-10(2,3)8-7-12-9(13-8)11(4,5)6/h8-9,12H,7H2,1-6H3. The van der Waals surface area contributed by atoms with Crippen molar-refractivity contribution in [3.63, 3.8) is 0 Å². The Bertz CT molecular complexity index is 156. The molecule has 0 aromatic carbocycles. The van der Waals surface area contributed by atoms with Gasteiger partial charge in [0.1, 0.15) is 6.23 Å². The van der Waals surface area contributed by atoms with Crippen LogP contribution in [0.4, 0.5) is 0 Å². The van der Waals surface area contributed by atoms with Gasteiger partial charge in [-0.15, -0.1) is 0 Å². The molecule has 78 valence electrons. The highest BCUT2D eigenvalue weighted by Crippen LogP contribution is 2.31. The molecule has 1 heterocycles. The van der Waals surface area contributed by atoms with Crippen molar-refractivity contribution in [2.75, 3.05) is 6.54 Å². The van der Waals surface area contributed by atoms with Gasteiger partial charge in [-0.25, -0.2) is 0 Å². The SMILES string of the molecule is CC(C)(C)C1CNC(C(C)(C)C)O1. The van der Waals surface area contributed by atoms with Crippen molar-refractivity contribution in [3.8, 4) is 0 Å². The van der Waals surface area contributed by atoms with E-state index in [1.807, 2.05) is 0 Å². The van der Waals surface area contributed by atoms with E-state index >= 15 is 0 Å². The molecule has 1 aliphatic heterocycles. The molecule has 0 aliphatic carbocycles. The lowest BCUT2D eigenvalue weighted by Gasteiger charge is -2.30. The van der Waals surface area contributed by atoms with Crippen LogP contribution in [0.25, 0.3) is 0 Å². The zero-order chi connectivity index (χ0) is 10.3. The molecule has 2 unspecified atom stereocenters. The molecule has 2 atom stereocenters. The fourth-order valence-corrected chi connectivity index (χ4v) is 1.50. The maximum Gasteiger partial charge on any atom is 0.113 e. The summed E-state index contributed by atoms with van der Waals surface area (Å²) in [5, 5.41) is 3.43. The molecule has 0 radical (unpaired) electrons. The molecule has 0 aromatic heterocycles. The second-order valence-electron chi connectivity index (χ2n) is 6.15. The number of hydrogen-bond acceptors (Lipinski definition) is 2. The zero-order valence-electron chi connectivity index (χ0n) is 9.77. The van der Waals surface area contributed by atoms with Crippen LogP contribution in [0.15, 0.2) is 0 Å². The van der Waals surface area contributed by atoms with Gasteiger partial charge < -0.3 is 4.74 Å². The van der Waals surface area contributed by atoms with Crippen LogP contribution in [-0.2, 0) is 4.74 Å². The Kier molecular flexibility index (Phi) is 2.75. The van der Waals surface area contributed by atoms with Gasteiger partial charge in [-0.2, -0.15) is 0 Å². The Morgan fingerprint density at radius 2 is 1.54 bits per heavy atom. The maximum atomic E-state index is 5.98. The minimum Gasteiger partial charge on any atom is -0.358 e. The molecule has 1 saturated heterocycles. The maximum absolute atomic E-state index is 5.98. The first-order chi connectivity index (χ1) is 5.71. The van der Waals surface area contributed by atoms with Crippen molar-refractivity contribution < 1.29 is 4.74 Å². The molecular weight excluding hydrogens is 162 g/mol. The molecule has 1 N–H and O–H groups in total. The Morgan fingerprint density at radius 1 is 1.00 bits per heavy atom. The van der Waals surface area contributed by atoms with Crippen molar-refractivity contribution in [1.82, 2.24) is 5.32 Å². The van der Waals surface area contributed by atoms with Gasteiger partial charge in [0.2, 0.25) is 0 Å². The van der Waals surface area contributed by atoms with E-state index in [-0.39, 0.29) is 17.1 Å². The number of rotatable bonds is 0. The third-order valence-corrected chi connectivity index (χ3v) is 2.54. The molecule has 0 spiro atoms. The first-order valence-electron chi connectivity index (χ1n) is 5.10. The van der Waals surface area contributed by atoms with Crippen LogP contribution >= 0.6 is 0 Å². The number of ether oxygens (including phenoxy) is 1. The van der Waals surface area contributed by atoms with E-state index in [0.29, 0.717) is 6.10 Å². The Labute approximate surface area is 82.0 Å². The summed E-state index contributed by atoms with van der Waals surface area (Å²) in [5.41, 5.74) is 0.437. The minimum atomic E-state index is 0.194. The quantitative estimate of drug-likeness (QED) is 0.625. The molecule has 2 nitrogen and oxygen atoms in total. The topological polar surface area (TPSA) is 21.3 Å². The predicted octanol–water partition coefficient (Wildman–Crippen LogP) is 2.39. The van der Waals surface area contributed by atoms with Gasteiger partial charge in [-0.3, -0.25) is 5.32 Å². The molecule has 1 fully saturated rings. The molecule has 0 amide bonds. The van der Waals surface area contributed by atoms with Crippen LogP contribution in [0.1, 0.15) is 41.5 Å². The van der Waals surface area contributed by atoms with Gasteiger partial charge >= 0.3 is 0 Å². The summed E-state index contributed by atoms with van der Waals surface area (Å²) in [7, 11) is 0. The lowest BCUT2D eigenvalue weighted by atomic mass is 9.89. The first-order valence-corrected chi connectivity index (χ1v) is 5.10. The smallest absolute Gasteiger partial charge is 0.113 e. The van der Waals surface area contributed by atoms with Crippen LogP contribution in [0.5, 0.6) is 0 Å². The van der Waals surface area contributed by atoms with E-state index in [1.165, 1.54) is 0 Å². The molecule has 1 aliphatic rings. The second kappa shape index (κ2) is 3.25. The average Bonchev–Trinajstić information content (AvgIpc) is 2.28. The van der Waals surface area contributed by atoms with Crippen molar-refractivity contribution >= 4 is 0 Å². The summed E-state index contributed by atoms with van der Waals surface area (Å²) in [4.78, 5) is 0. The fraction of sp³-hybridized carbons (Fsp3) is 1.00. The predicted molar refractivity (Wildman–Crippen MR) is 55.6 cm³/mol. The molecule has 0 bridgehead atoms. The number of nitrogens with one attached hydrogen (secondary N) is 1. The Balaban J connectivity index is 2.55. The molecule has 1 rings (SSSR count). The highest BCUT2D eigenvalue weighted by molar-refractivity contribution is 4.87. The van der Waals surface area contributed by atoms with Gasteiger partial charge in [0, 0.05) is 12.0 Å². The number of hydrogen-bond donors (Lipinski definition) is 1. The molecule has 13 heavy (non-hydrogen) atoms. The lowest BCUT2D eigenvalue weighted by molar-refractivity contribution is -0.0597. The largest absolute Gasteiger partial charge is 0.358 e. The van der Waals surface area contributed by atoms with Crippen molar-refractivity contribution in [2.45, 2.75) is 53.9 Å². The van der Waals surface area contributed by atoms with E-state index in [1.54, 1.807) is 0 Å². The monoisotopic (exact) mass is 185 g/mol. The summed E-state index contributed by atoms with van der Waals surface area (Å²) in [6, 6.07) is 0. The van der Waals surface area contributed by atoms with Gasteiger partial charge in [-0.1, -0.05) is 41.5 Å². The van der Waals surface area contributed by atoms with Gasteiger partial charge in [0.05, 0.1) is 6.10 Å². The zero-order valence-corrected chi connectivity index (χ0v) is 9.77. The Morgan fingerprint density at radius 3 is 1.77 bits per heavy atom. The molecule has 0 saturated carbocycles. The highest BCUT2D eigenvalue weighted by atomic mass is 16.5. The van der Waals surface area contributed by atoms with Gasteiger partial charge in [-0.05, 0) is 5.41 Å². The van der Waals surface area contributed by atoms with E-state index in [0.717, 1.165) is 6.54 Å². The van der Waals surface area contributed by atoms with Crippen molar-refractivity contribution in [3.05, 3.63) is 0 Å². The van der Waals surface area contributed by atoms with E-state index < -0.39 is 0 Å². The molecular formula is C11H23NO. The van der Waals surface area contributed by atoms with E-state index in [9.17, 15) is 0 Å². The van der Waals surface area contributed by atoms with Crippen LogP contribution in [0.2, 0.25) is 0 Å². The highest BCUT2D eigenvalue weighted by Gasteiger charge is 2.38. The third-order valence-electron chi connectivity index (χ3n) is 2.54. The third kappa shape index (κ3) is 2.68. The Hall–Kier alpha value is -0.0800. The first kappa shape index (κ1) is 11.0. The summed E-state index contributed by atoms with van der Waals surface area (Å²) in [6.45, 7) is 14.3. The van der Waals surface area contributed by atoms with E-state index in [4.69, 9.17) is 4.74 Å². The summed E-state index contributed by atoms with van der Waals surface area (Å²) < 4.78 is 5.98. The van der Waals surface area contributed by atoms with Crippen molar-refractivity contribution in [1.29, 1.82) is 0 Å². The average molecular weight is 185 g/mol. The van der Waals surface area contributed by atoms with Crippen LogP contribution in [-0.4, -0.2) is 18.9 Å². The summed E-state index contributed by atoms with van der Waals surface area (Å²) in [5.74, 6) is 0. The molecule has 0 aromatic rings. The van der Waals surface area contributed by atoms with Crippen LogP contribution in [0, 0.1) is 10.8 Å². The minimum absolute atomic E-state index is 0.194. The summed E-state index contributed by atoms with van der Waals surface area (Å²) >= 11 is 0. The van der Waals surface area contributed by atoms with Crippen LogP contribution in [0.3, 0.4) is 0 Å². The fourth-order valence-electron chi connectivity index (χ4n) is 1.50. The van der Waals surface area contributed by atoms with Crippen molar-refractivity contribution in [2.24, 2.45) is 10.8 Å².